The number of imidazole rings is 1. The van der Waals surface area contributed by atoms with Crippen LogP contribution in [-0.2, 0) is 6.61 Å². The van der Waals surface area contributed by atoms with E-state index in [0.29, 0.717) is 11.2 Å². The molecule has 0 unspecified atom stereocenters. The number of pyridine rings is 1. The molecule has 0 saturated heterocycles. The van der Waals surface area contributed by atoms with Crippen LogP contribution in [0.3, 0.4) is 0 Å². The number of rotatable bonds is 3. The van der Waals surface area contributed by atoms with Crippen molar-refractivity contribution in [1.82, 2.24) is 9.38 Å². The standard InChI is InChI=1S/C14H9F2N3O2/c15-10-3-2-9(5-11(10)16)13-14(18-21)19-6-8(7-20)1-4-12(19)17-13/h1-6,20H,7H2. The van der Waals surface area contributed by atoms with E-state index in [1.807, 2.05) is 0 Å². The highest BCUT2D eigenvalue weighted by atomic mass is 19.2. The van der Waals surface area contributed by atoms with Gasteiger partial charge in [0.25, 0.3) is 0 Å². The number of benzene rings is 1. The molecule has 2 heterocycles. The van der Waals surface area contributed by atoms with Crippen molar-refractivity contribution in [1.29, 1.82) is 0 Å². The summed E-state index contributed by atoms with van der Waals surface area (Å²) in [4.78, 5) is 15.3. The SMILES string of the molecule is O=Nc1c(-c2ccc(F)c(F)c2)nc2ccc(CO)cn12. The minimum Gasteiger partial charge on any atom is -0.392 e. The molecular formula is C14H9F2N3O2. The molecule has 2 aromatic heterocycles. The highest BCUT2D eigenvalue weighted by Gasteiger charge is 2.16. The molecule has 0 spiro atoms. The van der Waals surface area contributed by atoms with Crippen molar-refractivity contribution >= 4 is 11.5 Å². The summed E-state index contributed by atoms with van der Waals surface area (Å²) in [6, 6.07) is 6.48. The number of aromatic nitrogens is 2. The van der Waals surface area contributed by atoms with E-state index in [9.17, 15) is 13.7 Å². The molecule has 1 aromatic carbocycles. The molecule has 0 fully saturated rings. The van der Waals surface area contributed by atoms with Crippen LogP contribution in [0.15, 0.2) is 41.7 Å². The second kappa shape index (κ2) is 5.02. The lowest BCUT2D eigenvalue weighted by molar-refractivity contribution is 0.281. The Labute approximate surface area is 117 Å². The summed E-state index contributed by atoms with van der Waals surface area (Å²) in [5.74, 6) is -2.05. The van der Waals surface area contributed by atoms with Gasteiger partial charge >= 0.3 is 0 Å². The maximum Gasteiger partial charge on any atom is 0.209 e. The molecule has 0 bridgehead atoms. The third-order valence-electron chi connectivity index (χ3n) is 3.12. The predicted molar refractivity (Wildman–Crippen MR) is 71.9 cm³/mol. The largest absolute Gasteiger partial charge is 0.392 e. The summed E-state index contributed by atoms with van der Waals surface area (Å²) in [6.45, 7) is -0.201. The first-order chi connectivity index (χ1) is 10.1. The average molecular weight is 289 g/mol. The fraction of sp³-hybridized carbons (Fsp3) is 0.0714. The van der Waals surface area contributed by atoms with Gasteiger partial charge in [-0.05, 0) is 35.0 Å². The summed E-state index contributed by atoms with van der Waals surface area (Å²) in [6.07, 6.45) is 1.52. The van der Waals surface area contributed by atoms with E-state index in [1.54, 1.807) is 12.1 Å². The summed E-state index contributed by atoms with van der Waals surface area (Å²) in [5, 5.41) is 12.0. The molecule has 1 N–H and O–H groups in total. The summed E-state index contributed by atoms with van der Waals surface area (Å²) < 4.78 is 27.7. The molecule has 0 aliphatic heterocycles. The van der Waals surface area contributed by atoms with Crippen LogP contribution in [0, 0.1) is 16.5 Å². The van der Waals surface area contributed by atoms with Crippen molar-refractivity contribution in [2.75, 3.05) is 0 Å². The number of hydrogen-bond donors (Lipinski definition) is 1. The molecule has 0 radical (unpaired) electrons. The monoisotopic (exact) mass is 289 g/mol. The number of nitrogens with zero attached hydrogens (tertiary/aromatic N) is 3. The quantitative estimate of drug-likeness (QED) is 0.753. The molecule has 106 valence electrons. The van der Waals surface area contributed by atoms with Crippen LogP contribution in [0.1, 0.15) is 5.56 Å². The van der Waals surface area contributed by atoms with Gasteiger partial charge in [0.05, 0.1) is 6.61 Å². The fourth-order valence-electron chi connectivity index (χ4n) is 2.09. The van der Waals surface area contributed by atoms with Crippen molar-refractivity contribution in [3.05, 3.63) is 58.6 Å². The number of nitroso groups, excluding NO2 is 1. The van der Waals surface area contributed by atoms with Gasteiger partial charge in [0, 0.05) is 11.8 Å². The highest BCUT2D eigenvalue weighted by molar-refractivity contribution is 5.74. The average Bonchev–Trinajstić information content (AvgIpc) is 2.87. The molecule has 3 aromatic rings. The number of hydrogen-bond acceptors (Lipinski definition) is 4. The van der Waals surface area contributed by atoms with Crippen LogP contribution in [0.4, 0.5) is 14.6 Å². The number of halogens is 2. The normalized spacial score (nSPS) is 11.0. The minimum atomic E-state index is -1.03. The zero-order valence-corrected chi connectivity index (χ0v) is 10.6. The smallest absolute Gasteiger partial charge is 0.209 e. The van der Waals surface area contributed by atoms with Crippen molar-refractivity contribution in [3.63, 3.8) is 0 Å². The van der Waals surface area contributed by atoms with Gasteiger partial charge in [0.2, 0.25) is 5.82 Å². The topological polar surface area (TPSA) is 67.0 Å². The fourth-order valence-corrected chi connectivity index (χ4v) is 2.09. The Balaban J connectivity index is 2.26. The summed E-state index contributed by atoms with van der Waals surface area (Å²) >= 11 is 0. The van der Waals surface area contributed by atoms with Gasteiger partial charge in [-0.15, -0.1) is 4.91 Å². The van der Waals surface area contributed by atoms with Crippen LogP contribution in [0.5, 0.6) is 0 Å². The van der Waals surface area contributed by atoms with Crippen molar-refractivity contribution < 1.29 is 13.9 Å². The Morgan fingerprint density at radius 1 is 1.19 bits per heavy atom. The van der Waals surface area contributed by atoms with Crippen molar-refractivity contribution in [2.24, 2.45) is 5.18 Å². The van der Waals surface area contributed by atoms with Gasteiger partial charge in [-0.2, -0.15) is 0 Å². The lowest BCUT2D eigenvalue weighted by Gasteiger charge is -2.00. The molecule has 0 amide bonds. The molecule has 3 rings (SSSR count). The molecule has 5 nitrogen and oxygen atoms in total. The zero-order valence-electron chi connectivity index (χ0n) is 10.6. The van der Waals surface area contributed by atoms with E-state index in [4.69, 9.17) is 5.11 Å². The number of fused-ring (bicyclic) bond motifs is 1. The van der Waals surface area contributed by atoms with Crippen LogP contribution < -0.4 is 0 Å². The van der Waals surface area contributed by atoms with Crippen LogP contribution in [0.25, 0.3) is 16.9 Å². The predicted octanol–water partition coefficient (Wildman–Crippen LogP) is 3.17. The molecule has 0 aliphatic carbocycles. The zero-order chi connectivity index (χ0) is 15.0. The van der Waals surface area contributed by atoms with Gasteiger partial charge in [0.15, 0.2) is 11.6 Å². The highest BCUT2D eigenvalue weighted by Crippen LogP contribution is 2.31. The molecular weight excluding hydrogens is 280 g/mol. The van der Waals surface area contributed by atoms with E-state index in [-0.39, 0.29) is 23.7 Å². The Hall–Kier alpha value is -2.67. The third-order valence-corrected chi connectivity index (χ3v) is 3.12. The molecule has 0 atom stereocenters. The van der Waals surface area contributed by atoms with E-state index in [1.165, 1.54) is 16.7 Å². The number of aliphatic hydroxyl groups excluding tert-OH is 1. The second-order valence-corrected chi connectivity index (χ2v) is 4.43. The molecule has 7 heteroatoms. The third kappa shape index (κ3) is 2.17. The Bertz CT molecular complexity index is 846. The van der Waals surface area contributed by atoms with E-state index in [0.717, 1.165) is 12.1 Å². The van der Waals surface area contributed by atoms with Gasteiger partial charge in [0.1, 0.15) is 11.3 Å². The lowest BCUT2D eigenvalue weighted by atomic mass is 10.1. The first-order valence-corrected chi connectivity index (χ1v) is 6.04. The number of aliphatic hydroxyl groups is 1. The van der Waals surface area contributed by atoms with Crippen LogP contribution in [-0.4, -0.2) is 14.5 Å². The van der Waals surface area contributed by atoms with Gasteiger partial charge < -0.3 is 5.11 Å². The van der Waals surface area contributed by atoms with E-state index in [2.05, 4.69) is 10.2 Å². The molecule has 0 saturated carbocycles. The van der Waals surface area contributed by atoms with Gasteiger partial charge in [-0.3, -0.25) is 4.40 Å². The summed E-state index contributed by atoms with van der Waals surface area (Å²) in [5.41, 5.74) is 1.39. The van der Waals surface area contributed by atoms with E-state index >= 15 is 0 Å². The van der Waals surface area contributed by atoms with Crippen molar-refractivity contribution in [2.45, 2.75) is 6.61 Å². The lowest BCUT2D eigenvalue weighted by Crippen LogP contribution is -1.89. The first kappa shape index (κ1) is 13.3. The van der Waals surface area contributed by atoms with E-state index < -0.39 is 11.6 Å². The van der Waals surface area contributed by atoms with Crippen LogP contribution >= 0.6 is 0 Å². The van der Waals surface area contributed by atoms with Crippen LogP contribution in [0.2, 0.25) is 0 Å². The Kier molecular flexibility index (Phi) is 3.19. The van der Waals surface area contributed by atoms with Gasteiger partial charge in [-0.1, -0.05) is 6.07 Å². The van der Waals surface area contributed by atoms with Gasteiger partial charge in [-0.25, -0.2) is 13.8 Å². The second-order valence-electron chi connectivity index (χ2n) is 4.43. The molecule has 21 heavy (non-hydrogen) atoms. The minimum absolute atomic E-state index is 0.0358. The van der Waals surface area contributed by atoms with Crippen molar-refractivity contribution in [3.8, 4) is 11.3 Å². The Morgan fingerprint density at radius 3 is 2.67 bits per heavy atom. The first-order valence-electron chi connectivity index (χ1n) is 6.04. The maximum atomic E-state index is 13.3. The summed E-state index contributed by atoms with van der Waals surface area (Å²) in [7, 11) is 0. The molecule has 0 aliphatic rings. The maximum absolute atomic E-state index is 13.3. The Morgan fingerprint density at radius 2 is 2.00 bits per heavy atom.